The van der Waals surface area contributed by atoms with Gasteiger partial charge in [-0.05, 0) is 57.6 Å². The van der Waals surface area contributed by atoms with Crippen molar-refractivity contribution in [3.8, 4) is 0 Å². The summed E-state index contributed by atoms with van der Waals surface area (Å²) in [5.74, 6) is -0.714. The van der Waals surface area contributed by atoms with Gasteiger partial charge in [-0.2, -0.15) is 5.10 Å². The van der Waals surface area contributed by atoms with Crippen LogP contribution in [-0.4, -0.2) is 50.5 Å². The van der Waals surface area contributed by atoms with E-state index in [0.717, 1.165) is 30.2 Å². The number of carboxylic acid groups (broad SMARTS) is 1. The Bertz CT molecular complexity index is 881. The number of carbonyl (C=O) groups is 2. The molecule has 2 aromatic rings. The van der Waals surface area contributed by atoms with Gasteiger partial charge in [-0.3, -0.25) is 4.68 Å². The van der Waals surface area contributed by atoms with Crippen molar-refractivity contribution in [2.45, 2.75) is 57.6 Å². The Balaban J connectivity index is 1.82. The van der Waals surface area contributed by atoms with Crippen molar-refractivity contribution in [3.63, 3.8) is 0 Å². The van der Waals surface area contributed by atoms with Crippen molar-refractivity contribution in [2.75, 3.05) is 7.05 Å². The molecule has 0 spiro atoms. The van der Waals surface area contributed by atoms with Gasteiger partial charge in [0.15, 0.2) is 0 Å². The summed E-state index contributed by atoms with van der Waals surface area (Å²) in [5.41, 5.74) is 1.32. The maximum Gasteiger partial charge on any atom is 0.410 e. The fourth-order valence-electron chi connectivity index (χ4n) is 3.84. The van der Waals surface area contributed by atoms with Gasteiger partial charge >= 0.3 is 12.1 Å². The molecule has 0 aliphatic heterocycles. The van der Waals surface area contributed by atoms with Crippen LogP contribution in [0.1, 0.15) is 61.9 Å². The lowest BCUT2D eigenvalue weighted by molar-refractivity contribution is 0.0225. The van der Waals surface area contributed by atoms with Crippen molar-refractivity contribution in [1.82, 2.24) is 14.7 Å². The van der Waals surface area contributed by atoms with Crippen molar-refractivity contribution in [3.05, 3.63) is 29.5 Å². The highest BCUT2D eigenvalue weighted by Crippen LogP contribution is 2.40. The highest BCUT2D eigenvalue weighted by Gasteiger charge is 2.34. The second kappa shape index (κ2) is 6.87. The van der Waals surface area contributed by atoms with E-state index < -0.39 is 11.6 Å². The summed E-state index contributed by atoms with van der Waals surface area (Å²) in [6.45, 7) is 5.58. The number of carboxylic acids is 1. The van der Waals surface area contributed by atoms with Gasteiger partial charge in [-0.15, -0.1) is 0 Å². The van der Waals surface area contributed by atoms with Crippen LogP contribution in [0, 0.1) is 0 Å². The molecule has 0 saturated heterocycles. The van der Waals surface area contributed by atoms with Gasteiger partial charge in [0.25, 0.3) is 0 Å². The molecule has 1 N–H and O–H groups in total. The predicted molar refractivity (Wildman–Crippen MR) is 102 cm³/mol. The zero-order valence-electron chi connectivity index (χ0n) is 16.5. The molecule has 2 atom stereocenters. The lowest BCUT2D eigenvalue weighted by Crippen LogP contribution is -2.39. The smallest absolute Gasteiger partial charge is 0.410 e. The number of amides is 1. The van der Waals surface area contributed by atoms with Crippen LogP contribution in [0.4, 0.5) is 4.79 Å². The number of ether oxygens (including phenoxy) is 1. The number of hydrogen-bond acceptors (Lipinski definition) is 4. The molecule has 1 saturated carbocycles. The SMILES string of the molecule is CN(C(=O)OC(C)(C)C)[C@H]1CCC(c2ccc(C(=O)O)c3nn(C)cc23)C1. The Morgan fingerprint density at radius 3 is 2.63 bits per heavy atom. The second-order valence-corrected chi connectivity index (χ2v) is 8.33. The summed E-state index contributed by atoms with van der Waals surface area (Å²) in [6, 6.07) is 3.64. The molecule has 1 unspecified atom stereocenters. The number of hydrogen-bond donors (Lipinski definition) is 1. The maximum atomic E-state index is 12.3. The maximum absolute atomic E-state index is 12.3. The number of fused-ring (bicyclic) bond motifs is 1. The van der Waals surface area contributed by atoms with E-state index in [4.69, 9.17) is 4.74 Å². The highest BCUT2D eigenvalue weighted by molar-refractivity contribution is 6.02. The first-order valence-corrected chi connectivity index (χ1v) is 9.22. The minimum absolute atomic E-state index is 0.107. The van der Waals surface area contributed by atoms with E-state index in [1.165, 1.54) is 0 Å². The number of nitrogens with zero attached hydrogens (tertiary/aromatic N) is 3. The Morgan fingerprint density at radius 2 is 2.00 bits per heavy atom. The fraction of sp³-hybridized carbons (Fsp3) is 0.550. The summed E-state index contributed by atoms with van der Waals surface area (Å²) >= 11 is 0. The molecular formula is C20H27N3O4. The third-order valence-electron chi connectivity index (χ3n) is 5.13. The monoisotopic (exact) mass is 373 g/mol. The van der Waals surface area contributed by atoms with Crippen LogP contribution in [0.15, 0.2) is 18.3 Å². The first-order chi connectivity index (χ1) is 12.6. The van der Waals surface area contributed by atoms with Crippen LogP contribution in [0.5, 0.6) is 0 Å². The molecule has 27 heavy (non-hydrogen) atoms. The lowest BCUT2D eigenvalue weighted by Gasteiger charge is -2.28. The van der Waals surface area contributed by atoms with Crippen molar-refractivity contribution in [2.24, 2.45) is 7.05 Å². The largest absolute Gasteiger partial charge is 0.478 e. The zero-order valence-corrected chi connectivity index (χ0v) is 16.5. The molecule has 1 amide bonds. The molecule has 0 bridgehead atoms. The van der Waals surface area contributed by atoms with Crippen LogP contribution >= 0.6 is 0 Å². The van der Waals surface area contributed by atoms with Gasteiger partial charge < -0.3 is 14.7 Å². The molecule has 7 nitrogen and oxygen atoms in total. The Hall–Kier alpha value is -2.57. The zero-order chi connectivity index (χ0) is 19.9. The average Bonchev–Trinajstić information content (AvgIpc) is 3.17. The van der Waals surface area contributed by atoms with E-state index in [2.05, 4.69) is 5.10 Å². The topological polar surface area (TPSA) is 84.7 Å². The van der Waals surface area contributed by atoms with Gasteiger partial charge in [0, 0.05) is 31.7 Å². The van der Waals surface area contributed by atoms with Crippen LogP contribution in [0.3, 0.4) is 0 Å². The summed E-state index contributed by atoms with van der Waals surface area (Å²) < 4.78 is 7.13. The van der Waals surface area contributed by atoms with E-state index in [0.29, 0.717) is 5.52 Å². The molecule has 1 aromatic heterocycles. The Labute approximate surface area is 158 Å². The first-order valence-electron chi connectivity index (χ1n) is 9.22. The third kappa shape index (κ3) is 3.91. The van der Waals surface area contributed by atoms with E-state index in [1.807, 2.05) is 33.0 Å². The van der Waals surface area contributed by atoms with Crippen LogP contribution in [0.2, 0.25) is 0 Å². The molecule has 1 aliphatic carbocycles. The summed E-state index contributed by atoms with van der Waals surface area (Å²) in [5, 5.41) is 14.6. The summed E-state index contributed by atoms with van der Waals surface area (Å²) in [4.78, 5) is 25.5. The summed E-state index contributed by atoms with van der Waals surface area (Å²) in [7, 11) is 3.58. The molecular weight excluding hydrogens is 346 g/mol. The number of aromatic carboxylic acids is 1. The summed E-state index contributed by atoms with van der Waals surface area (Å²) in [6.07, 6.45) is 4.23. The number of aromatic nitrogens is 2. The first kappa shape index (κ1) is 19.2. The van der Waals surface area contributed by atoms with Crippen LogP contribution in [-0.2, 0) is 11.8 Å². The molecule has 1 fully saturated rings. The number of benzene rings is 1. The molecule has 1 aliphatic rings. The predicted octanol–water partition coefficient (Wildman–Crippen LogP) is 3.77. The van der Waals surface area contributed by atoms with Crippen LogP contribution < -0.4 is 0 Å². The molecule has 7 heteroatoms. The molecule has 0 radical (unpaired) electrons. The van der Waals surface area contributed by atoms with Crippen molar-refractivity contribution in [1.29, 1.82) is 0 Å². The molecule has 146 valence electrons. The third-order valence-corrected chi connectivity index (χ3v) is 5.13. The van der Waals surface area contributed by atoms with Crippen LogP contribution in [0.25, 0.3) is 10.9 Å². The molecule has 1 heterocycles. The number of rotatable bonds is 3. The number of carbonyl (C=O) groups excluding carboxylic acids is 1. The second-order valence-electron chi connectivity index (χ2n) is 8.33. The molecule has 3 rings (SSSR count). The normalized spacial score (nSPS) is 20.0. The van der Waals surface area contributed by atoms with E-state index in [9.17, 15) is 14.7 Å². The van der Waals surface area contributed by atoms with Gasteiger partial charge in [0.2, 0.25) is 0 Å². The van der Waals surface area contributed by atoms with Crippen molar-refractivity contribution < 1.29 is 19.4 Å². The standard InChI is InChI=1S/C20H27N3O4/c1-20(2,3)27-19(26)23(5)13-7-6-12(10-13)14-8-9-15(18(24)25)17-16(14)11-22(4)21-17/h8-9,11-13H,6-7,10H2,1-5H3,(H,24,25)/t12?,13-/m0/s1. The quantitative estimate of drug-likeness (QED) is 0.885. The van der Waals surface area contributed by atoms with Gasteiger partial charge in [0.05, 0.1) is 5.56 Å². The van der Waals surface area contributed by atoms with Gasteiger partial charge in [-0.1, -0.05) is 6.07 Å². The van der Waals surface area contributed by atoms with Gasteiger partial charge in [0.1, 0.15) is 11.1 Å². The fourth-order valence-corrected chi connectivity index (χ4v) is 3.84. The van der Waals surface area contributed by atoms with E-state index in [-0.39, 0.29) is 23.6 Å². The minimum atomic E-state index is -0.973. The number of aryl methyl sites for hydroxylation is 1. The van der Waals surface area contributed by atoms with Gasteiger partial charge in [-0.25, -0.2) is 9.59 Å². The van der Waals surface area contributed by atoms with E-state index >= 15 is 0 Å². The average molecular weight is 373 g/mol. The Kier molecular flexibility index (Phi) is 4.88. The van der Waals surface area contributed by atoms with E-state index in [1.54, 1.807) is 29.7 Å². The lowest BCUT2D eigenvalue weighted by atomic mass is 9.93. The molecule has 1 aromatic carbocycles. The highest BCUT2D eigenvalue weighted by atomic mass is 16.6. The minimum Gasteiger partial charge on any atom is -0.478 e. The Morgan fingerprint density at radius 1 is 1.30 bits per heavy atom. The van der Waals surface area contributed by atoms with Crippen molar-refractivity contribution >= 4 is 23.0 Å².